The molecule has 0 spiro atoms. The topological polar surface area (TPSA) is 113 Å². The van der Waals surface area contributed by atoms with Crippen LogP contribution in [0.3, 0.4) is 0 Å². The summed E-state index contributed by atoms with van der Waals surface area (Å²) in [5.74, 6) is 0. The number of hydrogen-bond acceptors (Lipinski definition) is 6. The summed E-state index contributed by atoms with van der Waals surface area (Å²) in [5.41, 5.74) is 0.243. The summed E-state index contributed by atoms with van der Waals surface area (Å²) >= 11 is 0. The number of nitroso groups, excluding NO2 is 1. The smallest absolute Gasteiger partial charge is 0.302 e. The molecule has 0 fully saturated rings. The van der Waals surface area contributed by atoms with Gasteiger partial charge in [0.1, 0.15) is 0 Å². The Kier molecular flexibility index (Phi) is 3.87. The van der Waals surface area contributed by atoms with Crippen LogP contribution in [0.1, 0.15) is 22.3 Å². The number of aliphatic hydroxyl groups excluding tert-OH is 2. The number of nitro benzene ring substituents is 1. The van der Waals surface area contributed by atoms with Crippen LogP contribution in [-0.4, -0.2) is 15.1 Å². The predicted molar refractivity (Wildman–Crippen MR) is 59.9 cm³/mol. The molecule has 0 aliphatic heterocycles. The SMILES string of the molecule is Cc1c(CO)c(C)c([N+](=O)[O-])c(N=O)c1CO. The van der Waals surface area contributed by atoms with Crippen LogP contribution < -0.4 is 0 Å². The summed E-state index contributed by atoms with van der Waals surface area (Å²) in [4.78, 5) is 20.8. The van der Waals surface area contributed by atoms with Crippen molar-refractivity contribution in [1.29, 1.82) is 0 Å². The highest BCUT2D eigenvalue weighted by Gasteiger charge is 2.27. The number of nitrogens with zero attached hydrogens (tertiary/aromatic N) is 2. The molecule has 17 heavy (non-hydrogen) atoms. The summed E-state index contributed by atoms with van der Waals surface area (Å²) in [6.07, 6.45) is 0. The second-order valence-corrected chi connectivity index (χ2v) is 3.57. The lowest BCUT2D eigenvalue weighted by molar-refractivity contribution is -0.384. The highest BCUT2D eigenvalue weighted by molar-refractivity contribution is 5.70. The Morgan fingerprint density at radius 3 is 2.06 bits per heavy atom. The van der Waals surface area contributed by atoms with Crippen LogP contribution >= 0.6 is 0 Å². The van der Waals surface area contributed by atoms with Crippen LogP contribution in [0, 0.1) is 28.9 Å². The largest absolute Gasteiger partial charge is 0.392 e. The van der Waals surface area contributed by atoms with Crippen molar-refractivity contribution >= 4 is 11.4 Å². The van der Waals surface area contributed by atoms with Gasteiger partial charge in [-0.05, 0) is 30.2 Å². The molecule has 0 amide bonds. The maximum atomic E-state index is 10.9. The molecule has 1 aromatic rings. The first-order valence-corrected chi connectivity index (χ1v) is 4.83. The first-order chi connectivity index (χ1) is 7.99. The molecular formula is C10H12N2O5. The van der Waals surface area contributed by atoms with Gasteiger partial charge >= 0.3 is 5.69 Å². The van der Waals surface area contributed by atoms with Gasteiger partial charge in [0.15, 0.2) is 5.69 Å². The van der Waals surface area contributed by atoms with Crippen molar-refractivity contribution in [2.75, 3.05) is 0 Å². The van der Waals surface area contributed by atoms with Gasteiger partial charge < -0.3 is 10.2 Å². The average molecular weight is 240 g/mol. The van der Waals surface area contributed by atoms with Gasteiger partial charge in [0, 0.05) is 11.1 Å². The molecule has 0 aromatic heterocycles. The zero-order valence-corrected chi connectivity index (χ0v) is 9.43. The van der Waals surface area contributed by atoms with Crippen molar-refractivity contribution in [3.8, 4) is 0 Å². The van der Waals surface area contributed by atoms with E-state index in [-0.39, 0.29) is 16.8 Å². The summed E-state index contributed by atoms with van der Waals surface area (Å²) in [5, 5.41) is 31.8. The van der Waals surface area contributed by atoms with E-state index in [0.29, 0.717) is 11.1 Å². The first-order valence-electron chi connectivity index (χ1n) is 4.83. The maximum absolute atomic E-state index is 10.9. The van der Waals surface area contributed by atoms with Crippen LogP contribution in [0.15, 0.2) is 5.18 Å². The quantitative estimate of drug-likeness (QED) is 0.471. The average Bonchev–Trinajstić information content (AvgIpc) is 2.28. The minimum atomic E-state index is -0.732. The highest BCUT2D eigenvalue weighted by atomic mass is 16.6. The molecule has 7 nitrogen and oxygen atoms in total. The third kappa shape index (κ3) is 2.02. The highest BCUT2D eigenvalue weighted by Crippen LogP contribution is 2.39. The van der Waals surface area contributed by atoms with Crippen LogP contribution in [-0.2, 0) is 13.2 Å². The van der Waals surface area contributed by atoms with Gasteiger partial charge in [-0.2, -0.15) is 0 Å². The minimum Gasteiger partial charge on any atom is -0.392 e. The fourth-order valence-electron chi connectivity index (χ4n) is 1.86. The molecule has 0 heterocycles. The van der Waals surface area contributed by atoms with Crippen molar-refractivity contribution in [2.45, 2.75) is 27.1 Å². The van der Waals surface area contributed by atoms with Gasteiger partial charge in [-0.3, -0.25) is 10.1 Å². The van der Waals surface area contributed by atoms with E-state index in [1.165, 1.54) is 6.92 Å². The molecule has 0 unspecified atom stereocenters. The maximum Gasteiger partial charge on any atom is 0.302 e. The van der Waals surface area contributed by atoms with Crippen LogP contribution in [0.25, 0.3) is 0 Å². The fraction of sp³-hybridized carbons (Fsp3) is 0.400. The monoisotopic (exact) mass is 240 g/mol. The number of rotatable bonds is 4. The standard InChI is InChI=1S/C10H12N2O5/c1-5-7(3-13)6(2)10(12(16)17)9(11-15)8(5)4-14/h13-14H,3-4H2,1-2H3. The zero-order chi connectivity index (χ0) is 13.2. The molecule has 0 radical (unpaired) electrons. The van der Waals surface area contributed by atoms with E-state index < -0.39 is 23.8 Å². The van der Waals surface area contributed by atoms with Gasteiger partial charge in [0.25, 0.3) is 0 Å². The number of nitro groups is 1. The van der Waals surface area contributed by atoms with E-state index in [1.54, 1.807) is 6.92 Å². The summed E-state index contributed by atoms with van der Waals surface area (Å²) in [7, 11) is 0. The normalized spacial score (nSPS) is 10.4. The van der Waals surface area contributed by atoms with Gasteiger partial charge in [0.2, 0.25) is 0 Å². The molecule has 0 saturated carbocycles. The molecule has 0 atom stereocenters. The Balaban J connectivity index is 3.81. The minimum absolute atomic E-state index is 0.0846. The van der Waals surface area contributed by atoms with Gasteiger partial charge in [-0.1, -0.05) is 0 Å². The van der Waals surface area contributed by atoms with E-state index in [1.807, 2.05) is 0 Å². The Hall–Kier alpha value is -1.86. The second-order valence-electron chi connectivity index (χ2n) is 3.57. The molecule has 2 N–H and O–H groups in total. The third-order valence-corrected chi connectivity index (χ3v) is 2.81. The van der Waals surface area contributed by atoms with E-state index in [2.05, 4.69) is 5.18 Å². The van der Waals surface area contributed by atoms with Crippen molar-refractivity contribution in [1.82, 2.24) is 0 Å². The first kappa shape index (κ1) is 13.2. The molecule has 7 heteroatoms. The lowest BCUT2D eigenvalue weighted by Crippen LogP contribution is -2.04. The third-order valence-electron chi connectivity index (χ3n) is 2.81. The van der Waals surface area contributed by atoms with E-state index >= 15 is 0 Å². The van der Waals surface area contributed by atoms with E-state index in [9.17, 15) is 20.1 Å². The Bertz CT molecular complexity index is 484. The van der Waals surface area contributed by atoms with Crippen LogP contribution in [0.2, 0.25) is 0 Å². The lowest BCUT2D eigenvalue weighted by Gasteiger charge is -2.13. The molecule has 0 aliphatic rings. The molecule has 92 valence electrons. The van der Waals surface area contributed by atoms with E-state index in [0.717, 1.165) is 0 Å². The van der Waals surface area contributed by atoms with Crippen molar-refractivity contribution < 1.29 is 15.1 Å². The summed E-state index contributed by atoms with van der Waals surface area (Å²) in [6, 6.07) is 0. The van der Waals surface area contributed by atoms with Crippen molar-refractivity contribution in [3.05, 3.63) is 37.3 Å². The zero-order valence-electron chi connectivity index (χ0n) is 9.43. The fourth-order valence-corrected chi connectivity index (χ4v) is 1.86. The number of hydrogen-bond donors (Lipinski definition) is 2. The molecule has 1 aromatic carbocycles. The van der Waals surface area contributed by atoms with Crippen molar-refractivity contribution in [3.63, 3.8) is 0 Å². The van der Waals surface area contributed by atoms with Gasteiger partial charge in [0.05, 0.1) is 18.1 Å². The Labute approximate surface area is 96.8 Å². The molecular weight excluding hydrogens is 228 g/mol. The summed E-state index contributed by atoms with van der Waals surface area (Å²) < 4.78 is 0. The van der Waals surface area contributed by atoms with E-state index in [4.69, 9.17) is 5.11 Å². The van der Waals surface area contributed by atoms with Gasteiger partial charge in [-0.25, -0.2) is 0 Å². The summed E-state index contributed by atoms with van der Waals surface area (Å²) in [6.45, 7) is 2.07. The van der Waals surface area contributed by atoms with Gasteiger partial charge in [-0.15, -0.1) is 4.91 Å². The Morgan fingerprint density at radius 1 is 1.18 bits per heavy atom. The second kappa shape index (κ2) is 4.98. The molecule has 0 bridgehead atoms. The Morgan fingerprint density at radius 2 is 1.71 bits per heavy atom. The lowest BCUT2D eigenvalue weighted by atomic mass is 9.94. The van der Waals surface area contributed by atoms with Crippen LogP contribution in [0.5, 0.6) is 0 Å². The molecule has 0 aliphatic carbocycles. The molecule has 0 saturated heterocycles. The molecule has 1 rings (SSSR count). The van der Waals surface area contributed by atoms with Crippen molar-refractivity contribution in [2.24, 2.45) is 5.18 Å². The number of benzene rings is 1. The van der Waals surface area contributed by atoms with Crippen LogP contribution in [0.4, 0.5) is 11.4 Å². The number of aliphatic hydroxyl groups is 2. The predicted octanol–water partition coefficient (Wildman–Crippen LogP) is 1.59.